The number of allylic oxidation sites excluding steroid dienone is 1. The van der Waals surface area contributed by atoms with Crippen molar-refractivity contribution < 1.29 is 4.79 Å². The van der Waals surface area contributed by atoms with Crippen molar-refractivity contribution in [2.75, 3.05) is 4.90 Å². The molecule has 1 aliphatic heterocycles. The molecule has 0 spiro atoms. The number of carbonyl (C=O) groups is 1. The van der Waals surface area contributed by atoms with Crippen molar-refractivity contribution in [3.63, 3.8) is 0 Å². The predicted octanol–water partition coefficient (Wildman–Crippen LogP) is 4.17. The standard InChI is InChI=1S/C19H18ClN5O/c1-4-22-9-13(8-21)12-5-6-15-16(7-12)25(17(26)19(15,2)3)14-10-23-18(20)24-11-14/h4-11,21H,1-3H3/b13-9+,21-8?,22-4?. The molecule has 1 aromatic carbocycles. The maximum atomic E-state index is 13.0. The van der Waals surface area contributed by atoms with Gasteiger partial charge >= 0.3 is 0 Å². The summed E-state index contributed by atoms with van der Waals surface area (Å²) in [5.41, 5.74) is 2.98. The first-order valence-electron chi connectivity index (χ1n) is 8.05. The third-order valence-corrected chi connectivity index (χ3v) is 4.56. The van der Waals surface area contributed by atoms with Gasteiger partial charge in [0.25, 0.3) is 0 Å². The van der Waals surface area contributed by atoms with Crippen LogP contribution < -0.4 is 4.90 Å². The molecule has 2 aromatic rings. The molecule has 0 fully saturated rings. The van der Waals surface area contributed by atoms with Crippen molar-refractivity contribution in [1.82, 2.24) is 9.97 Å². The van der Waals surface area contributed by atoms with Gasteiger partial charge in [0.15, 0.2) is 0 Å². The zero-order valence-corrected chi connectivity index (χ0v) is 15.4. The monoisotopic (exact) mass is 367 g/mol. The molecule has 7 heteroatoms. The van der Waals surface area contributed by atoms with Gasteiger partial charge in [-0.2, -0.15) is 0 Å². The van der Waals surface area contributed by atoms with Crippen LogP contribution in [0.4, 0.5) is 11.4 Å². The molecular weight excluding hydrogens is 350 g/mol. The first-order chi connectivity index (χ1) is 12.4. The van der Waals surface area contributed by atoms with Gasteiger partial charge in [0.05, 0.1) is 29.2 Å². The van der Waals surface area contributed by atoms with Gasteiger partial charge in [-0.1, -0.05) is 12.1 Å². The zero-order chi connectivity index (χ0) is 18.9. The fourth-order valence-electron chi connectivity index (χ4n) is 2.96. The summed E-state index contributed by atoms with van der Waals surface area (Å²) in [6.45, 7) is 5.59. The Bertz CT molecular complexity index is 931. The molecule has 1 aliphatic rings. The van der Waals surface area contributed by atoms with Crippen molar-refractivity contribution in [3.05, 3.63) is 53.2 Å². The molecule has 0 bridgehead atoms. The van der Waals surface area contributed by atoms with E-state index in [1.165, 1.54) is 18.6 Å². The van der Waals surface area contributed by atoms with Gasteiger partial charge in [-0.3, -0.25) is 14.7 Å². The minimum atomic E-state index is -0.677. The van der Waals surface area contributed by atoms with E-state index in [2.05, 4.69) is 15.0 Å². The number of amides is 1. The summed E-state index contributed by atoms with van der Waals surface area (Å²) in [7, 11) is 0. The van der Waals surface area contributed by atoms with Gasteiger partial charge < -0.3 is 5.41 Å². The van der Waals surface area contributed by atoms with Crippen LogP contribution in [0, 0.1) is 5.41 Å². The third kappa shape index (κ3) is 2.93. The molecule has 0 aliphatic carbocycles. The quantitative estimate of drug-likeness (QED) is 0.650. The van der Waals surface area contributed by atoms with Gasteiger partial charge in [-0.25, -0.2) is 9.97 Å². The number of hydrogen-bond acceptors (Lipinski definition) is 5. The van der Waals surface area contributed by atoms with Crippen LogP contribution in [-0.2, 0) is 10.2 Å². The largest absolute Gasteiger partial charge is 0.308 e. The molecule has 1 aromatic heterocycles. The number of halogens is 1. The molecule has 3 rings (SSSR count). The highest BCUT2D eigenvalue weighted by atomic mass is 35.5. The fourth-order valence-corrected chi connectivity index (χ4v) is 3.05. The highest BCUT2D eigenvalue weighted by Crippen LogP contribution is 2.45. The average Bonchev–Trinajstić information content (AvgIpc) is 2.83. The maximum absolute atomic E-state index is 13.0. The van der Waals surface area contributed by atoms with Gasteiger partial charge in [0.1, 0.15) is 0 Å². The zero-order valence-electron chi connectivity index (χ0n) is 14.7. The molecule has 0 saturated carbocycles. The molecule has 1 amide bonds. The summed E-state index contributed by atoms with van der Waals surface area (Å²) in [5, 5.41) is 7.77. The third-order valence-electron chi connectivity index (χ3n) is 4.37. The Balaban J connectivity index is 2.17. The minimum absolute atomic E-state index is 0.0671. The van der Waals surface area contributed by atoms with Crippen LogP contribution >= 0.6 is 11.6 Å². The number of fused-ring (bicyclic) bond motifs is 1. The summed E-state index contributed by atoms with van der Waals surface area (Å²) in [6, 6.07) is 5.71. The SMILES string of the molecule is CC=N/C=C(\C=N)c1ccc2c(c1)N(c1cnc(Cl)nc1)C(=O)C2(C)C. The Kier molecular flexibility index (Phi) is 4.70. The Hall–Kier alpha value is -2.86. The lowest BCUT2D eigenvalue weighted by molar-refractivity contribution is -0.121. The molecule has 6 nitrogen and oxygen atoms in total. The summed E-state index contributed by atoms with van der Waals surface area (Å²) in [5.74, 6) is -0.0671. The molecule has 0 atom stereocenters. The summed E-state index contributed by atoms with van der Waals surface area (Å²) in [6.07, 6.45) is 7.57. The number of nitrogens with one attached hydrogen (secondary N) is 1. The number of carbonyl (C=O) groups excluding carboxylic acids is 1. The Labute approximate surface area is 156 Å². The first kappa shape index (κ1) is 17.9. The van der Waals surface area contributed by atoms with Crippen molar-refractivity contribution >= 4 is 46.9 Å². The molecule has 26 heavy (non-hydrogen) atoms. The van der Waals surface area contributed by atoms with Crippen LogP contribution in [0.3, 0.4) is 0 Å². The van der Waals surface area contributed by atoms with E-state index < -0.39 is 5.41 Å². The maximum Gasteiger partial charge on any atom is 0.241 e. The number of anilines is 2. The van der Waals surface area contributed by atoms with E-state index in [1.807, 2.05) is 39.0 Å². The molecule has 0 saturated heterocycles. The van der Waals surface area contributed by atoms with E-state index in [0.29, 0.717) is 11.3 Å². The lowest BCUT2D eigenvalue weighted by atomic mass is 9.85. The van der Waals surface area contributed by atoms with Gasteiger partial charge in [0, 0.05) is 24.2 Å². The number of aromatic nitrogens is 2. The van der Waals surface area contributed by atoms with E-state index in [9.17, 15) is 4.79 Å². The number of aliphatic imine (C=N–C) groups is 1. The first-order valence-corrected chi connectivity index (χ1v) is 8.43. The normalized spacial score (nSPS) is 16.2. The van der Waals surface area contributed by atoms with Crippen LogP contribution in [0.25, 0.3) is 5.57 Å². The molecule has 132 valence electrons. The van der Waals surface area contributed by atoms with E-state index in [1.54, 1.807) is 17.3 Å². The highest BCUT2D eigenvalue weighted by Gasteiger charge is 2.44. The molecular formula is C19H18ClN5O. The second kappa shape index (κ2) is 6.80. The summed E-state index contributed by atoms with van der Waals surface area (Å²) in [4.78, 5) is 26.7. The molecule has 0 radical (unpaired) electrons. The molecule has 1 N–H and O–H groups in total. The Morgan fingerprint density at radius 3 is 2.62 bits per heavy atom. The van der Waals surface area contributed by atoms with E-state index >= 15 is 0 Å². The minimum Gasteiger partial charge on any atom is -0.308 e. The van der Waals surface area contributed by atoms with Gasteiger partial charge in [-0.05, 0) is 49.6 Å². The number of benzene rings is 1. The van der Waals surface area contributed by atoms with Crippen molar-refractivity contribution in [3.8, 4) is 0 Å². The molecule has 0 unspecified atom stereocenters. The van der Waals surface area contributed by atoms with E-state index in [-0.39, 0.29) is 11.2 Å². The highest BCUT2D eigenvalue weighted by molar-refractivity contribution is 6.28. The van der Waals surface area contributed by atoms with Crippen molar-refractivity contribution in [1.29, 1.82) is 5.41 Å². The van der Waals surface area contributed by atoms with E-state index in [0.717, 1.165) is 16.8 Å². The topological polar surface area (TPSA) is 82.3 Å². The number of nitrogens with zero attached hydrogens (tertiary/aromatic N) is 4. The van der Waals surface area contributed by atoms with Crippen LogP contribution in [0.1, 0.15) is 31.9 Å². The van der Waals surface area contributed by atoms with Crippen molar-refractivity contribution in [2.24, 2.45) is 4.99 Å². The Morgan fingerprint density at radius 2 is 2.00 bits per heavy atom. The predicted molar refractivity (Wildman–Crippen MR) is 105 cm³/mol. The van der Waals surface area contributed by atoms with Gasteiger partial charge in [0.2, 0.25) is 11.2 Å². The van der Waals surface area contributed by atoms with Crippen LogP contribution in [0.5, 0.6) is 0 Å². The average molecular weight is 368 g/mol. The van der Waals surface area contributed by atoms with Crippen LogP contribution in [0.2, 0.25) is 5.28 Å². The number of rotatable bonds is 4. The number of hydrogen-bond donors (Lipinski definition) is 1. The van der Waals surface area contributed by atoms with Crippen molar-refractivity contribution in [2.45, 2.75) is 26.2 Å². The summed E-state index contributed by atoms with van der Waals surface area (Å²) < 4.78 is 0. The second-order valence-electron chi connectivity index (χ2n) is 6.34. The summed E-state index contributed by atoms with van der Waals surface area (Å²) >= 11 is 5.77. The van der Waals surface area contributed by atoms with Crippen LogP contribution in [-0.4, -0.2) is 28.3 Å². The Morgan fingerprint density at radius 1 is 1.31 bits per heavy atom. The molecule has 2 heterocycles. The smallest absolute Gasteiger partial charge is 0.241 e. The lowest BCUT2D eigenvalue weighted by Crippen LogP contribution is -2.33. The fraction of sp³-hybridized carbons (Fsp3) is 0.211. The van der Waals surface area contributed by atoms with Crippen LogP contribution in [0.15, 0.2) is 41.8 Å². The van der Waals surface area contributed by atoms with E-state index in [4.69, 9.17) is 17.0 Å². The lowest BCUT2D eigenvalue weighted by Gasteiger charge is -2.19. The van der Waals surface area contributed by atoms with Gasteiger partial charge in [-0.15, -0.1) is 0 Å². The second-order valence-corrected chi connectivity index (χ2v) is 6.68.